The topological polar surface area (TPSA) is 35.5 Å². The summed E-state index contributed by atoms with van der Waals surface area (Å²) < 4.78 is 13.6. The minimum absolute atomic E-state index is 0.0706. The lowest BCUT2D eigenvalue weighted by atomic mass is 10.0. The number of nitrogens with zero attached hydrogens (tertiary/aromatic N) is 1. The molecule has 0 bridgehead atoms. The zero-order valence-electron chi connectivity index (χ0n) is 10.9. The van der Waals surface area contributed by atoms with Crippen LogP contribution < -0.4 is 10.2 Å². The van der Waals surface area contributed by atoms with Crippen LogP contribution in [0.3, 0.4) is 0 Å². The van der Waals surface area contributed by atoms with E-state index in [1.54, 1.807) is 13.0 Å². The van der Waals surface area contributed by atoms with Crippen LogP contribution in [-0.2, 0) is 0 Å². The summed E-state index contributed by atoms with van der Waals surface area (Å²) in [6.45, 7) is 4.36. The monoisotopic (exact) mass is 240 g/mol. The molecule has 1 unspecified atom stereocenters. The third kappa shape index (κ3) is 3.17. The Morgan fingerprint density at radius 1 is 1.47 bits per heavy atom. The van der Waals surface area contributed by atoms with Crippen molar-refractivity contribution in [3.05, 3.63) is 29.1 Å². The fourth-order valence-corrected chi connectivity index (χ4v) is 1.79. The van der Waals surface area contributed by atoms with Gasteiger partial charge in [-0.2, -0.15) is 0 Å². The maximum atomic E-state index is 13.6. The number of aliphatic hydroxyl groups is 1. The maximum Gasteiger partial charge on any atom is 0.126 e. The van der Waals surface area contributed by atoms with Crippen molar-refractivity contribution in [2.24, 2.45) is 0 Å². The van der Waals surface area contributed by atoms with Crippen LogP contribution in [0.2, 0.25) is 0 Å². The maximum absolute atomic E-state index is 13.6. The largest absolute Gasteiger partial charge is 0.395 e. The number of hydrogen-bond donors (Lipinski definition) is 2. The molecular formula is C13H21FN2O. The normalized spacial score (nSPS) is 12.6. The van der Waals surface area contributed by atoms with E-state index >= 15 is 0 Å². The third-order valence-corrected chi connectivity index (χ3v) is 3.05. The van der Waals surface area contributed by atoms with E-state index in [-0.39, 0.29) is 18.5 Å². The van der Waals surface area contributed by atoms with Gasteiger partial charge in [0.05, 0.1) is 6.61 Å². The molecule has 0 amide bonds. The van der Waals surface area contributed by atoms with Crippen molar-refractivity contribution in [2.45, 2.75) is 19.9 Å². The molecule has 0 spiro atoms. The van der Waals surface area contributed by atoms with E-state index in [9.17, 15) is 4.39 Å². The zero-order chi connectivity index (χ0) is 13.0. The van der Waals surface area contributed by atoms with E-state index in [1.807, 2.05) is 32.0 Å². The van der Waals surface area contributed by atoms with Gasteiger partial charge in [0.15, 0.2) is 0 Å². The number of likely N-dealkylation sites (N-methyl/N-ethyl adjacent to an activating group) is 1. The summed E-state index contributed by atoms with van der Waals surface area (Å²) in [7, 11) is 3.74. The van der Waals surface area contributed by atoms with Gasteiger partial charge >= 0.3 is 0 Å². The van der Waals surface area contributed by atoms with Crippen LogP contribution in [0.15, 0.2) is 12.1 Å². The molecule has 2 N–H and O–H groups in total. The second-order valence-electron chi connectivity index (χ2n) is 4.32. The highest BCUT2D eigenvalue weighted by Crippen LogP contribution is 2.28. The van der Waals surface area contributed by atoms with Crippen molar-refractivity contribution in [3.63, 3.8) is 0 Å². The Morgan fingerprint density at radius 3 is 2.65 bits per heavy atom. The average Bonchev–Trinajstić information content (AvgIpc) is 2.31. The van der Waals surface area contributed by atoms with Gasteiger partial charge < -0.3 is 15.3 Å². The molecule has 0 aliphatic carbocycles. The molecule has 3 nitrogen and oxygen atoms in total. The highest BCUT2D eigenvalue weighted by atomic mass is 19.1. The van der Waals surface area contributed by atoms with Crippen LogP contribution in [0.25, 0.3) is 0 Å². The van der Waals surface area contributed by atoms with Crippen LogP contribution in [0.5, 0.6) is 0 Å². The lowest BCUT2D eigenvalue weighted by Gasteiger charge is -2.25. The van der Waals surface area contributed by atoms with E-state index in [4.69, 9.17) is 5.11 Å². The van der Waals surface area contributed by atoms with Gasteiger partial charge in [-0.1, -0.05) is 0 Å². The molecule has 0 fully saturated rings. The first kappa shape index (κ1) is 13.9. The summed E-state index contributed by atoms with van der Waals surface area (Å²) >= 11 is 0. The molecule has 4 heteroatoms. The Kier molecular flexibility index (Phi) is 4.90. The van der Waals surface area contributed by atoms with Crippen LogP contribution in [-0.4, -0.2) is 32.4 Å². The molecule has 1 atom stereocenters. The molecule has 0 aliphatic heterocycles. The van der Waals surface area contributed by atoms with E-state index < -0.39 is 0 Å². The van der Waals surface area contributed by atoms with E-state index in [0.29, 0.717) is 12.1 Å². The lowest BCUT2D eigenvalue weighted by Crippen LogP contribution is -2.25. The molecule has 0 saturated heterocycles. The van der Waals surface area contributed by atoms with Crippen LogP contribution in [0.1, 0.15) is 24.1 Å². The number of aryl methyl sites for hydroxylation is 1. The fourth-order valence-electron chi connectivity index (χ4n) is 1.79. The zero-order valence-corrected chi connectivity index (χ0v) is 10.9. The van der Waals surface area contributed by atoms with Crippen molar-refractivity contribution < 1.29 is 9.50 Å². The summed E-state index contributed by atoms with van der Waals surface area (Å²) in [5.41, 5.74) is 2.49. The predicted molar refractivity (Wildman–Crippen MR) is 69.0 cm³/mol. The molecule has 0 radical (unpaired) electrons. The van der Waals surface area contributed by atoms with Gasteiger partial charge in [0.2, 0.25) is 0 Å². The van der Waals surface area contributed by atoms with Gasteiger partial charge in [-0.25, -0.2) is 4.39 Å². The number of hydrogen-bond acceptors (Lipinski definition) is 3. The van der Waals surface area contributed by atoms with Crippen molar-refractivity contribution >= 4 is 5.69 Å². The summed E-state index contributed by atoms with van der Waals surface area (Å²) in [5.74, 6) is -0.191. The number of rotatable bonds is 5. The Balaban J connectivity index is 3.20. The van der Waals surface area contributed by atoms with Crippen LogP contribution in [0, 0.1) is 12.7 Å². The van der Waals surface area contributed by atoms with E-state index in [1.165, 1.54) is 0 Å². The van der Waals surface area contributed by atoms with Crippen molar-refractivity contribution in [2.75, 3.05) is 32.1 Å². The van der Waals surface area contributed by atoms with E-state index in [0.717, 1.165) is 11.3 Å². The molecule has 1 aromatic carbocycles. The molecule has 96 valence electrons. The average molecular weight is 240 g/mol. The van der Waals surface area contributed by atoms with Gasteiger partial charge in [0, 0.05) is 25.3 Å². The lowest BCUT2D eigenvalue weighted by molar-refractivity contribution is 0.304. The molecule has 17 heavy (non-hydrogen) atoms. The first-order chi connectivity index (χ1) is 8.01. The molecular weight excluding hydrogens is 219 g/mol. The molecule has 1 aromatic rings. The molecule has 0 aliphatic rings. The molecule has 0 heterocycles. The van der Waals surface area contributed by atoms with Gasteiger partial charge in [0.25, 0.3) is 0 Å². The van der Waals surface area contributed by atoms with Crippen molar-refractivity contribution in [3.8, 4) is 0 Å². The molecule has 0 saturated carbocycles. The quantitative estimate of drug-likeness (QED) is 0.824. The third-order valence-electron chi connectivity index (χ3n) is 3.05. The number of halogens is 1. The fraction of sp³-hybridized carbons (Fsp3) is 0.538. The number of anilines is 1. The van der Waals surface area contributed by atoms with Gasteiger partial charge in [-0.15, -0.1) is 0 Å². The summed E-state index contributed by atoms with van der Waals surface area (Å²) in [5, 5.41) is 12.1. The smallest absolute Gasteiger partial charge is 0.126 e. The Morgan fingerprint density at radius 2 is 2.12 bits per heavy atom. The highest BCUT2D eigenvalue weighted by Gasteiger charge is 2.15. The highest BCUT2D eigenvalue weighted by molar-refractivity contribution is 5.56. The number of aliphatic hydroxyl groups excluding tert-OH is 1. The van der Waals surface area contributed by atoms with Gasteiger partial charge in [-0.05, 0) is 44.2 Å². The Bertz CT molecular complexity index is 382. The molecule has 0 aromatic heterocycles. The second-order valence-corrected chi connectivity index (χ2v) is 4.32. The van der Waals surface area contributed by atoms with Crippen LogP contribution >= 0.6 is 0 Å². The summed E-state index contributed by atoms with van der Waals surface area (Å²) in [6, 6.07) is 3.47. The second kappa shape index (κ2) is 5.98. The van der Waals surface area contributed by atoms with Gasteiger partial charge in [-0.3, -0.25) is 0 Å². The number of benzene rings is 1. The van der Waals surface area contributed by atoms with E-state index in [2.05, 4.69) is 5.32 Å². The SMILES string of the molecule is CNC(C)c1cc(F)c(C)cc1N(C)CCO. The first-order valence-electron chi connectivity index (χ1n) is 5.80. The Labute approximate surface area is 102 Å². The van der Waals surface area contributed by atoms with Crippen molar-refractivity contribution in [1.82, 2.24) is 5.32 Å². The summed E-state index contributed by atoms with van der Waals surface area (Å²) in [6.07, 6.45) is 0. The minimum Gasteiger partial charge on any atom is -0.395 e. The molecule has 1 rings (SSSR count). The standard InChI is InChI=1S/C13H21FN2O/c1-9-7-13(16(4)5-6-17)11(8-12(9)14)10(2)15-3/h7-8,10,15,17H,5-6H2,1-4H3. The van der Waals surface area contributed by atoms with Crippen LogP contribution in [0.4, 0.5) is 10.1 Å². The first-order valence-corrected chi connectivity index (χ1v) is 5.80. The predicted octanol–water partition coefficient (Wildman–Crippen LogP) is 1.84. The number of nitrogens with one attached hydrogen (secondary N) is 1. The minimum atomic E-state index is -0.191. The van der Waals surface area contributed by atoms with Crippen molar-refractivity contribution in [1.29, 1.82) is 0 Å². The Hall–Kier alpha value is -1.13. The van der Waals surface area contributed by atoms with Gasteiger partial charge in [0.1, 0.15) is 5.82 Å². The summed E-state index contributed by atoms with van der Waals surface area (Å²) in [4.78, 5) is 1.94.